The fourth-order valence-corrected chi connectivity index (χ4v) is 2.28. The van der Waals surface area contributed by atoms with E-state index in [1.807, 2.05) is 47.4 Å². The van der Waals surface area contributed by atoms with Crippen LogP contribution in [0.4, 0.5) is 5.82 Å². The molecule has 0 bridgehead atoms. The first-order chi connectivity index (χ1) is 10.3. The highest BCUT2D eigenvalue weighted by molar-refractivity contribution is 9.10. The molecule has 2 heterocycles. The number of aromatic nitrogens is 3. The number of halogens is 2. The first-order valence-corrected chi connectivity index (χ1v) is 7.37. The molecular formula is C16H14Br2N4. The number of rotatable bonds is 4. The van der Waals surface area contributed by atoms with E-state index in [4.69, 9.17) is 0 Å². The summed E-state index contributed by atoms with van der Waals surface area (Å²) in [4.78, 5) is 8.56. The van der Waals surface area contributed by atoms with E-state index < -0.39 is 0 Å². The first kappa shape index (κ1) is 16.6. The minimum Gasteiger partial charge on any atom is -1.00 e. The molecule has 22 heavy (non-hydrogen) atoms. The number of hydrogen-bond donors (Lipinski definition) is 0. The van der Waals surface area contributed by atoms with E-state index in [2.05, 4.69) is 43.0 Å². The maximum atomic E-state index is 4.40. The van der Waals surface area contributed by atoms with Crippen LogP contribution in [0.5, 0.6) is 0 Å². The Labute approximate surface area is 148 Å². The van der Waals surface area contributed by atoms with E-state index >= 15 is 0 Å². The molecule has 1 aromatic carbocycles. The molecule has 2 aromatic heterocycles. The van der Waals surface area contributed by atoms with Gasteiger partial charge in [-0.05, 0) is 17.7 Å². The van der Waals surface area contributed by atoms with Crippen molar-refractivity contribution < 1.29 is 21.7 Å². The highest BCUT2D eigenvalue weighted by Gasteiger charge is 2.17. The Morgan fingerprint density at radius 1 is 1.00 bits per heavy atom. The van der Waals surface area contributed by atoms with Crippen molar-refractivity contribution in [1.82, 2.24) is 9.97 Å². The molecule has 0 N–H and O–H groups in total. The molecular weight excluding hydrogens is 408 g/mol. The summed E-state index contributed by atoms with van der Waals surface area (Å²) >= 11 is 3.46. The van der Waals surface area contributed by atoms with Crippen molar-refractivity contribution in [3.8, 4) is 0 Å². The largest absolute Gasteiger partial charge is 1.00 e. The quantitative estimate of drug-likeness (QED) is 0.556. The molecule has 0 atom stereocenters. The lowest BCUT2D eigenvalue weighted by molar-refractivity contribution is -0.686. The van der Waals surface area contributed by atoms with Crippen LogP contribution in [0.15, 0.2) is 77.9 Å². The molecule has 0 radical (unpaired) electrons. The van der Waals surface area contributed by atoms with Crippen LogP contribution in [0.2, 0.25) is 0 Å². The van der Waals surface area contributed by atoms with E-state index in [9.17, 15) is 0 Å². The van der Waals surface area contributed by atoms with Gasteiger partial charge in [-0.1, -0.05) is 38.8 Å². The third-order valence-corrected chi connectivity index (χ3v) is 3.57. The maximum absolute atomic E-state index is 4.40. The van der Waals surface area contributed by atoms with Gasteiger partial charge in [0.05, 0.1) is 6.20 Å². The van der Waals surface area contributed by atoms with Gasteiger partial charge in [-0.15, -0.1) is 5.01 Å². The Kier molecular flexibility index (Phi) is 6.03. The van der Waals surface area contributed by atoms with Crippen LogP contribution < -0.4 is 26.7 Å². The number of nitrogens with zero attached hydrogens (tertiary/aromatic N) is 4. The molecule has 0 fully saturated rings. The molecule has 0 saturated heterocycles. The number of anilines is 1. The van der Waals surface area contributed by atoms with E-state index in [0.29, 0.717) is 6.54 Å². The average Bonchev–Trinajstić information content (AvgIpc) is 2.56. The fourth-order valence-electron chi connectivity index (χ4n) is 2.02. The van der Waals surface area contributed by atoms with Crippen molar-refractivity contribution in [2.45, 2.75) is 6.54 Å². The highest BCUT2D eigenvalue weighted by Crippen LogP contribution is 2.14. The maximum Gasteiger partial charge on any atom is 0.207 e. The lowest BCUT2D eigenvalue weighted by Gasteiger charge is -2.16. The van der Waals surface area contributed by atoms with Gasteiger partial charge < -0.3 is 17.0 Å². The smallest absolute Gasteiger partial charge is 0.207 e. The molecule has 0 saturated carbocycles. The van der Waals surface area contributed by atoms with Crippen LogP contribution in [0.3, 0.4) is 0 Å². The normalized spacial score (nSPS) is 9.86. The van der Waals surface area contributed by atoms with Crippen molar-refractivity contribution in [1.29, 1.82) is 0 Å². The van der Waals surface area contributed by atoms with Crippen molar-refractivity contribution in [3.63, 3.8) is 0 Å². The minimum absolute atomic E-state index is 0. The predicted molar refractivity (Wildman–Crippen MR) is 84.4 cm³/mol. The summed E-state index contributed by atoms with van der Waals surface area (Å²) in [7, 11) is 0. The summed E-state index contributed by atoms with van der Waals surface area (Å²) < 4.78 is 3.08. The van der Waals surface area contributed by atoms with Crippen LogP contribution in [-0.2, 0) is 6.54 Å². The van der Waals surface area contributed by atoms with Crippen LogP contribution in [-0.4, -0.2) is 9.97 Å². The zero-order valence-electron chi connectivity index (χ0n) is 11.7. The third kappa shape index (κ3) is 4.11. The minimum atomic E-state index is 0. The van der Waals surface area contributed by atoms with Gasteiger partial charge in [-0.3, -0.25) is 4.98 Å². The third-order valence-electron chi connectivity index (χ3n) is 3.04. The SMILES string of the molecule is Brc1ccc(CN(c2cnccn2)[n+]2ccccc2)cc1.[Br-]. The molecule has 3 aromatic rings. The van der Waals surface area contributed by atoms with Gasteiger partial charge in [0, 0.05) is 29.0 Å². The second-order valence-electron chi connectivity index (χ2n) is 4.50. The first-order valence-electron chi connectivity index (χ1n) is 6.57. The summed E-state index contributed by atoms with van der Waals surface area (Å²) in [6.07, 6.45) is 9.13. The van der Waals surface area contributed by atoms with Gasteiger partial charge in [0.1, 0.15) is 6.54 Å². The fraction of sp³-hybridized carbons (Fsp3) is 0.0625. The van der Waals surface area contributed by atoms with Crippen molar-refractivity contribution in [2.24, 2.45) is 0 Å². The van der Waals surface area contributed by atoms with Gasteiger partial charge in [0.15, 0.2) is 12.4 Å². The lowest BCUT2D eigenvalue weighted by atomic mass is 10.2. The lowest BCUT2D eigenvalue weighted by Crippen LogP contribution is -3.00. The van der Waals surface area contributed by atoms with Crippen LogP contribution >= 0.6 is 15.9 Å². The van der Waals surface area contributed by atoms with Gasteiger partial charge >= 0.3 is 0 Å². The Hall–Kier alpha value is -1.79. The van der Waals surface area contributed by atoms with Crippen LogP contribution in [0.25, 0.3) is 0 Å². The number of pyridine rings is 1. The zero-order chi connectivity index (χ0) is 14.5. The van der Waals surface area contributed by atoms with Crippen LogP contribution in [0.1, 0.15) is 5.56 Å². The molecule has 4 nitrogen and oxygen atoms in total. The van der Waals surface area contributed by atoms with E-state index in [-0.39, 0.29) is 17.0 Å². The average molecular weight is 422 g/mol. The Morgan fingerprint density at radius 3 is 2.36 bits per heavy atom. The Balaban J connectivity index is 0.00000176. The zero-order valence-corrected chi connectivity index (χ0v) is 14.9. The molecule has 0 aliphatic carbocycles. The highest BCUT2D eigenvalue weighted by atomic mass is 79.9. The second kappa shape index (κ2) is 8.00. The number of benzene rings is 1. The molecule has 6 heteroatoms. The van der Waals surface area contributed by atoms with Gasteiger partial charge in [-0.2, -0.15) is 0 Å². The molecule has 3 rings (SSSR count). The van der Waals surface area contributed by atoms with E-state index in [1.165, 1.54) is 5.56 Å². The Bertz CT molecular complexity index is 651. The topological polar surface area (TPSA) is 32.9 Å². The molecule has 0 aliphatic heterocycles. The molecule has 0 spiro atoms. The summed E-state index contributed by atoms with van der Waals surface area (Å²) in [6, 6.07) is 14.2. The van der Waals surface area contributed by atoms with E-state index in [0.717, 1.165) is 10.3 Å². The van der Waals surface area contributed by atoms with Gasteiger partial charge in [0.2, 0.25) is 5.82 Å². The predicted octanol–water partition coefficient (Wildman–Crippen LogP) is 0.000500. The monoisotopic (exact) mass is 420 g/mol. The van der Waals surface area contributed by atoms with Gasteiger partial charge in [0.25, 0.3) is 0 Å². The molecule has 112 valence electrons. The van der Waals surface area contributed by atoms with Crippen LogP contribution in [0, 0.1) is 0 Å². The van der Waals surface area contributed by atoms with Crippen molar-refractivity contribution >= 4 is 21.7 Å². The van der Waals surface area contributed by atoms with E-state index in [1.54, 1.807) is 18.6 Å². The van der Waals surface area contributed by atoms with Crippen molar-refractivity contribution in [2.75, 3.05) is 5.01 Å². The summed E-state index contributed by atoms with van der Waals surface area (Å²) in [5, 5.41) is 2.07. The summed E-state index contributed by atoms with van der Waals surface area (Å²) in [5.74, 6) is 0.802. The van der Waals surface area contributed by atoms with Crippen molar-refractivity contribution in [3.05, 3.63) is 83.5 Å². The molecule has 0 amide bonds. The van der Waals surface area contributed by atoms with Gasteiger partial charge in [-0.25, -0.2) is 4.98 Å². The Morgan fingerprint density at radius 2 is 1.73 bits per heavy atom. The number of hydrogen-bond acceptors (Lipinski definition) is 3. The molecule has 0 aliphatic rings. The molecule has 0 unspecified atom stereocenters. The summed E-state index contributed by atoms with van der Waals surface area (Å²) in [5.41, 5.74) is 1.19. The summed E-state index contributed by atoms with van der Waals surface area (Å²) in [6.45, 7) is 0.709. The second-order valence-corrected chi connectivity index (χ2v) is 5.42. The standard InChI is InChI=1S/C16H14BrN4.BrH/c17-15-6-4-14(5-7-15)13-21(16-12-18-8-9-19-16)20-10-2-1-3-11-20;/h1-12H,13H2;1H/q+1;/p-1.